The number of nitrogens with zero attached hydrogens (tertiary/aromatic N) is 2. The second-order valence-electron chi connectivity index (χ2n) is 5.56. The summed E-state index contributed by atoms with van der Waals surface area (Å²) in [5, 5.41) is 0. The molecular formula is C16H20N4O. The van der Waals surface area contributed by atoms with E-state index in [1.165, 1.54) is 0 Å². The monoisotopic (exact) mass is 284 g/mol. The van der Waals surface area contributed by atoms with Gasteiger partial charge in [0.25, 0.3) is 0 Å². The van der Waals surface area contributed by atoms with Crippen molar-refractivity contribution in [1.82, 2.24) is 9.97 Å². The molecule has 1 fully saturated rings. The van der Waals surface area contributed by atoms with Crippen LogP contribution < -0.4 is 11.3 Å². The van der Waals surface area contributed by atoms with E-state index in [0.29, 0.717) is 11.6 Å². The Kier molecular flexibility index (Phi) is 3.61. The fourth-order valence-electron chi connectivity index (χ4n) is 2.73. The Morgan fingerprint density at radius 2 is 2.00 bits per heavy atom. The summed E-state index contributed by atoms with van der Waals surface area (Å²) in [4.78, 5) is 9.33. The van der Waals surface area contributed by atoms with E-state index in [4.69, 9.17) is 15.6 Å². The molecule has 1 saturated heterocycles. The molecule has 5 heteroatoms. The van der Waals surface area contributed by atoms with Crippen LogP contribution in [0.3, 0.4) is 0 Å². The molecule has 110 valence electrons. The first-order valence-corrected chi connectivity index (χ1v) is 7.19. The van der Waals surface area contributed by atoms with Crippen molar-refractivity contribution in [1.29, 1.82) is 0 Å². The van der Waals surface area contributed by atoms with E-state index in [1.54, 1.807) is 0 Å². The number of aromatic nitrogens is 2. The highest BCUT2D eigenvalue weighted by Crippen LogP contribution is 2.36. The fraction of sp³-hybridized carbons (Fsp3) is 0.375. The Morgan fingerprint density at radius 3 is 2.62 bits per heavy atom. The van der Waals surface area contributed by atoms with E-state index in [9.17, 15) is 0 Å². The Balaban J connectivity index is 2.15. The van der Waals surface area contributed by atoms with Crippen molar-refractivity contribution in [3.63, 3.8) is 0 Å². The lowest BCUT2D eigenvalue weighted by atomic mass is 10.0. The van der Waals surface area contributed by atoms with Crippen LogP contribution in [-0.2, 0) is 10.3 Å². The second kappa shape index (κ2) is 5.42. The van der Waals surface area contributed by atoms with Crippen LogP contribution in [0.1, 0.15) is 31.2 Å². The normalized spacial score (nSPS) is 21.5. The Morgan fingerprint density at radius 1 is 1.24 bits per heavy atom. The molecule has 21 heavy (non-hydrogen) atoms. The van der Waals surface area contributed by atoms with Crippen molar-refractivity contribution in [3.05, 3.63) is 41.7 Å². The van der Waals surface area contributed by atoms with Crippen LogP contribution in [0.15, 0.2) is 30.3 Å². The van der Waals surface area contributed by atoms with Crippen LogP contribution >= 0.6 is 0 Å². The first kappa shape index (κ1) is 14.0. The zero-order chi connectivity index (χ0) is 14.9. The molecule has 0 bridgehead atoms. The molecule has 0 spiro atoms. The summed E-state index contributed by atoms with van der Waals surface area (Å²) in [6, 6.07) is 10.1. The maximum absolute atomic E-state index is 5.86. The molecule has 3 rings (SSSR count). The van der Waals surface area contributed by atoms with Gasteiger partial charge >= 0.3 is 0 Å². The molecule has 0 aliphatic carbocycles. The molecule has 1 aromatic carbocycles. The van der Waals surface area contributed by atoms with Gasteiger partial charge in [-0.2, -0.15) is 0 Å². The van der Waals surface area contributed by atoms with Crippen LogP contribution in [-0.4, -0.2) is 16.6 Å². The van der Waals surface area contributed by atoms with Crippen molar-refractivity contribution in [2.45, 2.75) is 32.3 Å². The first-order valence-electron chi connectivity index (χ1n) is 7.19. The molecule has 3 N–H and O–H groups in total. The lowest BCUT2D eigenvalue weighted by Crippen LogP contribution is -2.25. The number of ether oxygens (including phenoxy) is 1. The van der Waals surface area contributed by atoms with E-state index in [2.05, 4.69) is 10.4 Å². The van der Waals surface area contributed by atoms with Gasteiger partial charge in [0, 0.05) is 17.7 Å². The predicted octanol–water partition coefficient (Wildman–Crippen LogP) is 2.76. The molecule has 1 atom stereocenters. The van der Waals surface area contributed by atoms with Gasteiger partial charge in [0.2, 0.25) is 0 Å². The number of nitrogen functional groups attached to an aromatic ring is 1. The molecule has 2 heterocycles. The number of hydrogen-bond donors (Lipinski definition) is 2. The van der Waals surface area contributed by atoms with Gasteiger partial charge in [-0.25, -0.2) is 15.8 Å². The molecule has 1 aromatic heterocycles. The largest absolute Gasteiger partial charge is 0.367 e. The highest BCUT2D eigenvalue weighted by Gasteiger charge is 2.35. The molecule has 0 amide bonds. The molecule has 1 aliphatic rings. The van der Waals surface area contributed by atoms with Crippen molar-refractivity contribution in [2.24, 2.45) is 5.84 Å². The Labute approximate surface area is 124 Å². The molecule has 1 unspecified atom stereocenters. The minimum atomic E-state index is -0.428. The molecule has 2 aromatic rings. The van der Waals surface area contributed by atoms with Gasteiger partial charge in [-0.15, -0.1) is 0 Å². The highest BCUT2D eigenvalue weighted by atomic mass is 16.5. The average Bonchev–Trinajstić information content (AvgIpc) is 2.96. The van der Waals surface area contributed by atoms with Gasteiger partial charge in [-0.05, 0) is 26.7 Å². The summed E-state index contributed by atoms with van der Waals surface area (Å²) in [5.41, 5.74) is 5.14. The van der Waals surface area contributed by atoms with Gasteiger partial charge in [0.1, 0.15) is 11.4 Å². The topological polar surface area (TPSA) is 73.1 Å². The lowest BCUT2D eigenvalue weighted by molar-refractivity contribution is 0.00951. The third kappa shape index (κ3) is 2.50. The smallest absolute Gasteiger partial charge is 0.163 e. The number of nitrogens with two attached hydrogens (primary N) is 1. The maximum Gasteiger partial charge on any atom is 0.163 e. The third-order valence-electron chi connectivity index (χ3n) is 4.02. The van der Waals surface area contributed by atoms with Crippen molar-refractivity contribution in [3.8, 4) is 11.3 Å². The molecule has 1 aliphatic heterocycles. The standard InChI is InChI=1S/C16H20N4O/c1-11-13(12-7-4-3-5-8-12)18-15(19-14(11)20-17)16(2)9-6-10-21-16/h3-5,7-8H,6,9-10,17H2,1-2H3,(H,18,19,20). The van der Waals surface area contributed by atoms with Gasteiger partial charge in [-0.3, -0.25) is 0 Å². The predicted molar refractivity (Wildman–Crippen MR) is 82.6 cm³/mol. The minimum absolute atomic E-state index is 0.428. The minimum Gasteiger partial charge on any atom is -0.367 e. The van der Waals surface area contributed by atoms with Crippen molar-refractivity contribution in [2.75, 3.05) is 12.0 Å². The van der Waals surface area contributed by atoms with Gasteiger partial charge in [0.05, 0.1) is 5.69 Å². The van der Waals surface area contributed by atoms with Crippen molar-refractivity contribution >= 4 is 5.82 Å². The second-order valence-corrected chi connectivity index (χ2v) is 5.56. The number of hydrogen-bond acceptors (Lipinski definition) is 5. The summed E-state index contributed by atoms with van der Waals surface area (Å²) in [6.45, 7) is 4.76. The van der Waals surface area contributed by atoms with E-state index in [0.717, 1.165) is 36.3 Å². The Hall–Kier alpha value is -1.98. The average molecular weight is 284 g/mol. The van der Waals surface area contributed by atoms with E-state index in [-0.39, 0.29) is 0 Å². The highest BCUT2D eigenvalue weighted by molar-refractivity contribution is 5.68. The Bertz CT molecular complexity index is 636. The third-order valence-corrected chi connectivity index (χ3v) is 4.02. The quantitative estimate of drug-likeness (QED) is 0.669. The summed E-state index contributed by atoms with van der Waals surface area (Å²) >= 11 is 0. The number of nitrogens with one attached hydrogen (secondary N) is 1. The van der Waals surface area contributed by atoms with Crippen LogP contribution in [0, 0.1) is 6.92 Å². The van der Waals surface area contributed by atoms with Gasteiger partial charge in [0.15, 0.2) is 5.82 Å². The number of benzene rings is 1. The summed E-state index contributed by atoms with van der Waals surface area (Å²) in [6.07, 6.45) is 1.95. The number of anilines is 1. The molecule has 5 nitrogen and oxygen atoms in total. The summed E-state index contributed by atoms with van der Waals surface area (Å²) in [7, 11) is 0. The zero-order valence-electron chi connectivity index (χ0n) is 12.4. The maximum atomic E-state index is 5.86. The first-order chi connectivity index (χ1) is 10.1. The van der Waals surface area contributed by atoms with Crippen LogP contribution in [0.25, 0.3) is 11.3 Å². The number of rotatable bonds is 3. The molecule has 0 saturated carbocycles. The fourth-order valence-corrected chi connectivity index (χ4v) is 2.73. The van der Waals surface area contributed by atoms with Crippen LogP contribution in [0.4, 0.5) is 5.82 Å². The SMILES string of the molecule is Cc1c(NN)nc(C2(C)CCCO2)nc1-c1ccccc1. The molecule has 0 radical (unpaired) electrons. The summed E-state index contributed by atoms with van der Waals surface area (Å²) in [5.74, 6) is 6.97. The zero-order valence-corrected chi connectivity index (χ0v) is 12.4. The lowest BCUT2D eigenvalue weighted by Gasteiger charge is -2.23. The van der Waals surface area contributed by atoms with Crippen molar-refractivity contribution < 1.29 is 4.74 Å². The van der Waals surface area contributed by atoms with Gasteiger partial charge < -0.3 is 10.2 Å². The summed E-state index contributed by atoms with van der Waals surface area (Å²) < 4.78 is 5.86. The van der Waals surface area contributed by atoms with E-state index in [1.807, 2.05) is 44.2 Å². The number of hydrazine groups is 1. The van der Waals surface area contributed by atoms with E-state index >= 15 is 0 Å². The van der Waals surface area contributed by atoms with E-state index < -0.39 is 5.60 Å². The molecular weight excluding hydrogens is 264 g/mol. The van der Waals surface area contributed by atoms with Gasteiger partial charge in [-0.1, -0.05) is 30.3 Å². The van der Waals surface area contributed by atoms with Crippen LogP contribution in [0.5, 0.6) is 0 Å². The van der Waals surface area contributed by atoms with Crippen LogP contribution in [0.2, 0.25) is 0 Å².